The Morgan fingerprint density at radius 2 is 1.59 bits per heavy atom. The fourth-order valence-electron chi connectivity index (χ4n) is 5.16. The molecule has 3 aromatic carbocycles. The average Bonchev–Trinajstić information content (AvgIpc) is 3.28. The van der Waals surface area contributed by atoms with Crippen molar-refractivity contribution in [2.24, 2.45) is 0 Å². The van der Waals surface area contributed by atoms with Crippen LogP contribution in [-0.2, 0) is 17.8 Å². The summed E-state index contributed by atoms with van der Waals surface area (Å²) in [5.74, 6) is 0. The van der Waals surface area contributed by atoms with Gasteiger partial charge in [0.25, 0.3) is 0 Å². The van der Waals surface area contributed by atoms with E-state index in [2.05, 4.69) is 41.1 Å². The zero-order valence-corrected chi connectivity index (χ0v) is 21.3. The molecule has 0 bridgehead atoms. The van der Waals surface area contributed by atoms with Gasteiger partial charge in [-0.05, 0) is 43.0 Å². The molecule has 0 saturated carbocycles. The van der Waals surface area contributed by atoms with E-state index in [1.165, 1.54) is 11.1 Å². The van der Waals surface area contributed by atoms with Gasteiger partial charge in [0.1, 0.15) is 6.61 Å². The van der Waals surface area contributed by atoms with Crippen LogP contribution < -0.4 is 5.69 Å². The molecule has 2 atom stereocenters. The highest BCUT2D eigenvalue weighted by Gasteiger charge is 2.28. The lowest BCUT2D eigenvalue weighted by Gasteiger charge is -2.34. The Morgan fingerprint density at radius 1 is 0.973 bits per heavy atom. The van der Waals surface area contributed by atoms with Gasteiger partial charge in [0.2, 0.25) is 0 Å². The Balaban J connectivity index is 1.23. The summed E-state index contributed by atoms with van der Waals surface area (Å²) in [5, 5.41) is 0. The largest absolute Gasteiger partial charge is 0.448 e. The van der Waals surface area contributed by atoms with E-state index < -0.39 is 0 Å². The maximum Gasteiger partial charge on any atom is 0.409 e. The molecular formula is C30H34N4O3. The number of hydrogen-bond acceptors (Lipinski definition) is 4. The number of carbonyl (C=O) groups excluding carboxylic acids is 1. The van der Waals surface area contributed by atoms with Crippen LogP contribution >= 0.6 is 0 Å². The van der Waals surface area contributed by atoms with E-state index in [1.807, 2.05) is 60.7 Å². The number of piperidine rings is 1. The van der Waals surface area contributed by atoms with Crippen molar-refractivity contribution in [1.29, 1.82) is 0 Å². The number of amides is 1. The SMILES string of the molecule is C[C@@H](COC(=O)N1CCCC(n2c(=O)[nH]c3ccccc32)C1)N(Cc1ccccc1)Cc1ccccc1. The molecule has 37 heavy (non-hydrogen) atoms. The quantitative estimate of drug-likeness (QED) is 0.363. The molecule has 1 fully saturated rings. The Morgan fingerprint density at radius 3 is 2.27 bits per heavy atom. The van der Waals surface area contributed by atoms with Crippen LogP contribution in [0.15, 0.2) is 89.7 Å². The van der Waals surface area contributed by atoms with Crippen molar-refractivity contribution in [2.75, 3.05) is 19.7 Å². The number of nitrogens with zero attached hydrogens (tertiary/aromatic N) is 3. The number of nitrogens with one attached hydrogen (secondary N) is 1. The van der Waals surface area contributed by atoms with Crippen molar-refractivity contribution in [2.45, 2.75) is 44.9 Å². The van der Waals surface area contributed by atoms with Gasteiger partial charge in [0, 0.05) is 32.2 Å². The molecule has 0 radical (unpaired) electrons. The van der Waals surface area contributed by atoms with Gasteiger partial charge < -0.3 is 14.6 Å². The molecule has 1 saturated heterocycles. The standard InChI is InChI=1S/C30H34N4O3/c1-23(33(19-24-11-4-2-5-12-24)20-25-13-6-3-7-14-25)22-37-30(36)32-18-10-15-26(21-32)34-28-17-9-8-16-27(28)31-29(34)35/h2-9,11-14,16-17,23,26H,10,15,18-22H2,1H3,(H,31,35)/t23-,26?/m0/s1. The van der Waals surface area contributed by atoms with Crippen LogP contribution in [0.2, 0.25) is 0 Å². The van der Waals surface area contributed by atoms with Crippen molar-refractivity contribution in [3.8, 4) is 0 Å². The zero-order chi connectivity index (χ0) is 25.6. The van der Waals surface area contributed by atoms with Gasteiger partial charge in [-0.15, -0.1) is 0 Å². The molecule has 0 spiro atoms. The van der Waals surface area contributed by atoms with E-state index in [-0.39, 0.29) is 23.9 Å². The number of para-hydroxylation sites is 2. The van der Waals surface area contributed by atoms with Crippen LogP contribution in [0, 0.1) is 0 Å². The first-order valence-corrected chi connectivity index (χ1v) is 13.0. The number of hydrogen-bond donors (Lipinski definition) is 1. The summed E-state index contributed by atoms with van der Waals surface area (Å²) < 4.78 is 7.62. The third kappa shape index (κ3) is 5.94. The van der Waals surface area contributed by atoms with E-state index in [1.54, 1.807) is 9.47 Å². The monoisotopic (exact) mass is 498 g/mol. The number of benzene rings is 3. The Labute approximate surface area is 217 Å². The van der Waals surface area contributed by atoms with E-state index in [9.17, 15) is 9.59 Å². The molecule has 5 rings (SSSR count). The average molecular weight is 499 g/mol. The maximum atomic E-state index is 13.1. The molecule has 1 aromatic heterocycles. The second-order valence-electron chi connectivity index (χ2n) is 9.86. The molecule has 0 aliphatic carbocycles. The zero-order valence-electron chi connectivity index (χ0n) is 21.3. The van der Waals surface area contributed by atoms with Gasteiger partial charge in [0.15, 0.2) is 0 Å². The van der Waals surface area contributed by atoms with Crippen LogP contribution in [0.3, 0.4) is 0 Å². The third-order valence-corrected chi connectivity index (χ3v) is 7.17. The molecule has 1 aliphatic heterocycles. The molecule has 1 unspecified atom stereocenters. The molecular weight excluding hydrogens is 464 g/mol. The molecule has 1 aliphatic rings. The highest BCUT2D eigenvalue weighted by molar-refractivity contribution is 5.75. The van der Waals surface area contributed by atoms with Gasteiger partial charge in [0.05, 0.1) is 17.1 Å². The number of likely N-dealkylation sites (tertiary alicyclic amines) is 1. The molecule has 7 heteroatoms. The number of aromatic amines is 1. The normalized spacial score (nSPS) is 16.7. The Bertz CT molecular complexity index is 1320. The van der Waals surface area contributed by atoms with Gasteiger partial charge >= 0.3 is 11.8 Å². The number of carbonyl (C=O) groups is 1. The summed E-state index contributed by atoms with van der Waals surface area (Å²) in [4.78, 5) is 32.8. The first-order chi connectivity index (χ1) is 18.1. The summed E-state index contributed by atoms with van der Waals surface area (Å²) in [6.45, 7) is 5.04. The fraction of sp³-hybridized carbons (Fsp3) is 0.333. The minimum atomic E-state index is -0.316. The van der Waals surface area contributed by atoms with E-state index in [0.717, 1.165) is 37.0 Å². The summed E-state index contributed by atoms with van der Waals surface area (Å²) in [6, 6.07) is 28.4. The van der Waals surface area contributed by atoms with Crippen molar-refractivity contribution in [3.63, 3.8) is 0 Å². The lowest BCUT2D eigenvalue weighted by atomic mass is 10.1. The molecule has 1 amide bonds. The summed E-state index contributed by atoms with van der Waals surface area (Å²) in [5.41, 5.74) is 4.00. The van der Waals surface area contributed by atoms with Crippen LogP contribution in [0.25, 0.3) is 11.0 Å². The first-order valence-electron chi connectivity index (χ1n) is 13.0. The molecule has 7 nitrogen and oxygen atoms in total. The smallest absolute Gasteiger partial charge is 0.409 e. The van der Waals surface area contributed by atoms with Crippen molar-refractivity contribution >= 4 is 17.1 Å². The van der Waals surface area contributed by atoms with Crippen LogP contribution in [0.4, 0.5) is 4.79 Å². The fourth-order valence-corrected chi connectivity index (χ4v) is 5.16. The van der Waals surface area contributed by atoms with E-state index in [0.29, 0.717) is 19.7 Å². The number of ether oxygens (including phenoxy) is 1. The molecule has 1 N–H and O–H groups in total. The van der Waals surface area contributed by atoms with Crippen LogP contribution in [-0.4, -0.2) is 51.2 Å². The minimum Gasteiger partial charge on any atom is -0.448 e. The van der Waals surface area contributed by atoms with E-state index >= 15 is 0 Å². The van der Waals surface area contributed by atoms with Crippen molar-refractivity contribution < 1.29 is 9.53 Å². The number of aromatic nitrogens is 2. The predicted molar refractivity (Wildman–Crippen MR) is 145 cm³/mol. The number of fused-ring (bicyclic) bond motifs is 1. The van der Waals surface area contributed by atoms with Crippen molar-refractivity contribution in [3.05, 3.63) is 107 Å². The second kappa shape index (κ2) is 11.5. The molecule has 4 aromatic rings. The van der Waals surface area contributed by atoms with Gasteiger partial charge in [-0.2, -0.15) is 0 Å². The number of rotatable bonds is 8. The molecule has 192 valence electrons. The van der Waals surface area contributed by atoms with Crippen LogP contribution in [0.1, 0.15) is 36.9 Å². The first kappa shape index (κ1) is 24.8. The van der Waals surface area contributed by atoms with Crippen molar-refractivity contribution in [1.82, 2.24) is 19.4 Å². The van der Waals surface area contributed by atoms with Gasteiger partial charge in [-0.3, -0.25) is 9.47 Å². The predicted octanol–water partition coefficient (Wildman–Crippen LogP) is 5.19. The van der Waals surface area contributed by atoms with Gasteiger partial charge in [-0.25, -0.2) is 9.59 Å². The maximum absolute atomic E-state index is 13.1. The number of imidazole rings is 1. The number of H-pyrrole nitrogens is 1. The molecule has 2 heterocycles. The summed E-state index contributed by atoms with van der Waals surface area (Å²) >= 11 is 0. The lowest BCUT2D eigenvalue weighted by Crippen LogP contribution is -2.44. The third-order valence-electron chi connectivity index (χ3n) is 7.17. The highest BCUT2D eigenvalue weighted by Crippen LogP contribution is 2.24. The summed E-state index contributed by atoms with van der Waals surface area (Å²) in [7, 11) is 0. The van der Waals surface area contributed by atoms with E-state index in [4.69, 9.17) is 4.74 Å². The highest BCUT2D eigenvalue weighted by atomic mass is 16.6. The Kier molecular flexibility index (Phi) is 7.70. The van der Waals surface area contributed by atoms with Crippen LogP contribution in [0.5, 0.6) is 0 Å². The second-order valence-corrected chi connectivity index (χ2v) is 9.86. The summed E-state index contributed by atoms with van der Waals surface area (Å²) in [6.07, 6.45) is 1.36. The Hall–Kier alpha value is -3.84. The topological polar surface area (TPSA) is 70.6 Å². The van der Waals surface area contributed by atoms with Gasteiger partial charge in [-0.1, -0.05) is 72.8 Å². The lowest BCUT2D eigenvalue weighted by molar-refractivity contribution is 0.0549. The minimum absolute atomic E-state index is 0.0289.